The SMILES string of the molecule is C=C[C@@H]1CN(S(=O)(=O)c2ccccc2[N+](=O)[O-])CCc2c(ccc3ccccc23)O1. The highest BCUT2D eigenvalue weighted by molar-refractivity contribution is 7.89. The predicted molar refractivity (Wildman–Crippen MR) is 114 cm³/mol. The lowest BCUT2D eigenvalue weighted by Gasteiger charge is -2.30. The molecule has 3 aromatic carbocycles. The number of sulfonamides is 1. The van der Waals surface area contributed by atoms with Crippen LogP contribution in [0.4, 0.5) is 5.69 Å². The van der Waals surface area contributed by atoms with Crippen LogP contribution in [0.3, 0.4) is 0 Å². The maximum Gasteiger partial charge on any atom is 0.289 e. The lowest BCUT2D eigenvalue weighted by Crippen LogP contribution is -2.41. The summed E-state index contributed by atoms with van der Waals surface area (Å²) in [7, 11) is -4.11. The van der Waals surface area contributed by atoms with Gasteiger partial charge in [0.25, 0.3) is 5.69 Å². The smallest absolute Gasteiger partial charge is 0.289 e. The monoisotopic (exact) mass is 424 g/mol. The first kappa shape index (κ1) is 20.1. The first-order valence-electron chi connectivity index (χ1n) is 9.45. The Morgan fingerprint density at radius 3 is 2.60 bits per heavy atom. The second kappa shape index (κ2) is 7.89. The van der Waals surface area contributed by atoms with Crippen LogP contribution in [0, 0.1) is 10.1 Å². The summed E-state index contributed by atoms with van der Waals surface area (Å²) in [5, 5.41) is 13.4. The fraction of sp³-hybridized carbons (Fsp3) is 0.182. The molecule has 1 aliphatic rings. The minimum absolute atomic E-state index is 0.0180. The van der Waals surface area contributed by atoms with Crippen molar-refractivity contribution in [3.8, 4) is 5.75 Å². The molecule has 4 rings (SSSR count). The van der Waals surface area contributed by atoms with Gasteiger partial charge in [-0.1, -0.05) is 55.1 Å². The van der Waals surface area contributed by atoms with Crippen molar-refractivity contribution in [1.82, 2.24) is 4.31 Å². The number of nitrogens with zero attached hydrogens (tertiary/aromatic N) is 2. The Morgan fingerprint density at radius 2 is 1.83 bits per heavy atom. The molecule has 0 amide bonds. The third kappa shape index (κ3) is 3.55. The molecule has 0 spiro atoms. The van der Waals surface area contributed by atoms with E-state index in [1.807, 2.05) is 36.4 Å². The van der Waals surface area contributed by atoms with Gasteiger partial charge in [-0.05, 0) is 29.3 Å². The van der Waals surface area contributed by atoms with E-state index < -0.39 is 26.7 Å². The standard InChI is InChI=1S/C22H20N2O5S/c1-2-17-15-23(30(27,28)22-10-6-5-9-20(22)24(25)26)14-13-19-18-8-4-3-7-16(18)11-12-21(19)29-17/h2-12,17H,1,13-15H2/t17-/m1/s1. The molecule has 0 fully saturated rings. The van der Waals surface area contributed by atoms with Gasteiger partial charge in [0.15, 0.2) is 4.90 Å². The van der Waals surface area contributed by atoms with Crippen molar-refractivity contribution >= 4 is 26.5 Å². The van der Waals surface area contributed by atoms with Gasteiger partial charge in [-0.25, -0.2) is 8.42 Å². The van der Waals surface area contributed by atoms with Crippen LogP contribution < -0.4 is 4.74 Å². The summed E-state index contributed by atoms with van der Waals surface area (Å²) >= 11 is 0. The average Bonchev–Trinajstić information content (AvgIpc) is 2.73. The van der Waals surface area contributed by atoms with E-state index in [4.69, 9.17) is 4.74 Å². The molecule has 0 aliphatic carbocycles. The number of para-hydroxylation sites is 1. The summed E-state index contributed by atoms with van der Waals surface area (Å²) in [6.45, 7) is 3.96. The number of benzene rings is 3. The number of nitro benzene ring substituents is 1. The molecule has 1 aliphatic heterocycles. The Kier molecular flexibility index (Phi) is 5.27. The van der Waals surface area contributed by atoms with Crippen molar-refractivity contribution in [3.05, 3.63) is 89.0 Å². The molecule has 0 radical (unpaired) electrons. The number of rotatable bonds is 4. The molecule has 0 N–H and O–H groups in total. The molecule has 0 saturated carbocycles. The second-order valence-electron chi connectivity index (χ2n) is 6.99. The van der Waals surface area contributed by atoms with Gasteiger partial charge in [0.05, 0.1) is 11.5 Å². The normalized spacial score (nSPS) is 17.4. The third-order valence-corrected chi connectivity index (χ3v) is 7.13. The predicted octanol–water partition coefficient (Wildman–Crippen LogP) is 3.93. The Labute approximate surface area is 174 Å². The van der Waals surface area contributed by atoms with Gasteiger partial charge >= 0.3 is 0 Å². The van der Waals surface area contributed by atoms with Crippen molar-refractivity contribution in [2.75, 3.05) is 13.1 Å². The highest BCUT2D eigenvalue weighted by atomic mass is 32.2. The van der Waals surface area contributed by atoms with E-state index >= 15 is 0 Å². The topological polar surface area (TPSA) is 89.8 Å². The number of ether oxygens (including phenoxy) is 1. The van der Waals surface area contributed by atoms with Crippen molar-refractivity contribution in [3.63, 3.8) is 0 Å². The first-order chi connectivity index (χ1) is 14.4. The Morgan fingerprint density at radius 1 is 1.10 bits per heavy atom. The number of hydrogen-bond donors (Lipinski definition) is 0. The highest BCUT2D eigenvalue weighted by Crippen LogP contribution is 2.33. The summed E-state index contributed by atoms with van der Waals surface area (Å²) in [6, 6.07) is 17.1. The average molecular weight is 424 g/mol. The molecule has 1 atom stereocenters. The number of fused-ring (bicyclic) bond motifs is 3. The minimum atomic E-state index is -4.11. The fourth-order valence-corrected chi connectivity index (χ4v) is 5.33. The molecular weight excluding hydrogens is 404 g/mol. The minimum Gasteiger partial charge on any atom is -0.485 e. The summed E-state index contributed by atoms with van der Waals surface area (Å²) in [6.07, 6.45) is 1.37. The zero-order valence-electron chi connectivity index (χ0n) is 16.1. The van der Waals surface area contributed by atoms with Gasteiger partial charge in [0.2, 0.25) is 10.0 Å². The molecule has 3 aromatic rings. The van der Waals surface area contributed by atoms with Crippen LogP contribution in [0.25, 0.3) is 10.8 Å². The van der Waals surface area contributed by atoms with Crippen LogP contribution >= 0.6 is 0 Å². The van der Waals surface area contributed by atoms with Gasteiger partial charge in [0, 0.05) is 18.2 Å². The largest absolute Gasteiger partial charge is 0.485 e. The lowest BCUT2D eigenvalue weighted by molar-refractivity contribution is -0.387. The van der Waals surface area contributed by atoms with Crippen molar-refractivity contribution in [2.45, 2.75) is 17.4 Å². The van der Waals surface area contributed by atoms with E-state index in [-0.39, 0.29) is 18.0 Å². The molecule has 0 saturated heterocycles. The second-order valence-corrected chi connectivity index (χ2v) is 8.90. The van der Waals surface area contributed by atoms with Gasteiger partial charge in [-0.3, -0.25) is 10.1 Å². The molecular formula is C22H20N2O5S. The molecule has 7 nitrogen and oxygen atoms in total. The van der Waals surface area contributed by atoms with Crippen LogP contribution in [0.2, 0.25) is 0 Å². The number of hydrogen-bond acceptors (Lipinski definition) is 5. The summed E-state index contributed by atoms with van der Waals surface area (Å²) < 4.78 is 34.0. The van der Waals surface area contributed by atoms with Crippen LogP contribution in [0.1, 0.15) is 5.56 Å². The van der Waals surface area contributed by atoms with E-state index in [1.54, 1.807) is 6.08 Å². The molecule has 8 heteroatoms. The first-order valence-corrected chi connectivity index (χ1v) is 10.9. The van der Waals surface area contributed by atoms with Crippen molar-refractivity contribution in [2.24, 2.45) is 0 Å². The number of nitro groups is 1. The van der Waals surface area contributed by atoms with Crippen LogP contribution in [-0.4, -0.2) is 36.8 Å². The molecule has 0 bridgehead atoms. The Bertz CT molecular complexity index is 1240. The van der Waals surface area contributed by atoms with Gasteiger partial charge in [-0.15, -0.1) is 0 Å². The van der Waals surface area contributed by atoms with Crippen LogP contribution in [-0.2, 0) is 16.4 Å². The van der Waals surface area contributed by atoms with Crippen molar-refractivity contribution < 1.29 is 18.1 Å². The fourth-order valence-electron chi connectivity index (χ4n) is 3.72. The Balaban J connectivity index is 1.78. The van der Waals surface area contributed by atoms with Crippen LogP contribution in [0.15, 0.2) is 78.2 Å². The highest BCUT2D eigenvalue weighted by Gasteiger charge is 2.34. The van der Waals surface area contributed by atoms with Gasteiger partial charge in [-0.2, -0.15) is 4.31 Å². The zero-order chi connectivity index (χ0) is 21.3. The summed E-state index contributed by atoms with van der Waals surface area (Å²) in [5.41, 5.74) is 0.462. The maximum atomic E-state index is 13.3. The van der Waals surface area contributed by atoms with Gasteiger partial charge < -0.3 is 4.74 Å². The molecule has 0 unspecified atom stereocenters. The maximum absolute atomic E-state index is 13.3. The van der Waals surface area contributed by atoms with E-state index in [9.17, 15) is 18.5 Å². The summed E-state index contributed by atoms with van der Waals surface area (Å²) in [4.78, 5) is 10.4. The molecule has 0 aromatic heterocycles. The molecule has 154 valence electrons. The van der Waals surface area contributed by atoms with E-state index in [0.717, 1.165) is 16.3 Å². The quantitative estimate of drug-likeness (QED) is 0.360. The van der Waals surface area contributed by atoms with E-state index in [2.05, 4.69) is 6.58 Å². The van der Waals surface area contributed by atoms with Crippen LogP contribution in [0.5, 0.6) is 5.75 Å². The Hall–Kier alpha value is -3.23. The lowest BCUT2D eigenvalue weighted by atomic mass is 10.0. The van der Waals surface area contributed by atoms with E-state index in [1.165, 1.54) is 28.6 Å². The zero-order valence-corrected chi connectivity index (χ0v) is 16.9. The summed E-state index contributed by atoms with van der Waals surface area (Å²) in [5.74, 6) is 0.696. The molecule has 30 heavy (non-hydrogen) atoms. The third-order valence-electron chi connectivity index (χ3n) is 5.21. The van der Waals surface area contributed by atoms with Gasteiger partial charge in [0.1, 0.15) is 11.9 Å². The molecule has 1 heterocycles. The van der Waals surface area contributed by atoms with E-state index in [0.29, 0.717) is 12.2 Å². The van der Waals surface area contributed by atoms with Crippen molar-refractivity contribution in [1.29, 1.82) is 0 Å².